The first kappa shape index (κ1) is 13.0. The van der Waals surface area contributed by atoms with Gasteiger partial charge in [0.1, 0.15) is 11.6 Å². The van der Waals surface area contributed by atoms with Crippen LogP contribution in [0.5, 0.6) is 5.75 Å². The molecule has 5 heteroatoms. The van der Waals surface area contributed by atoms with Crippen molar-refractivity contribution >= 4 is 5.78 Å². The molecule has 1 aliphatic rings. The molecule has 1 aromatic carbocycles. The number of carbonyl (C=O) groups excluding carboxylic acids is 1. The predicted molar refractivity (Wildman–Crippen MR) is 64.2 cm³/mol. The van der Waals surface area contributed by atoms with Crippen molar-refractivity contribution in [2.45, 2.75) is 13.0 Å². The number of phenols is 1. The second kappa shape index (κ2) is 5.46. The van der Waals surface area contributed by atoms with Crippen LogP contribution in [-0.2, 0) is 4.74 Å². The van der Waals surface area contributed by atoms with Crippen molar-refractivity contribution in [2.24, 2.45) is 0 Å². The van der Waals surface area contributed by atoms with E-state index in [9.17, 15) is 14.3 Å². The van der Waals surface area contributed by atoms with Crippen LogP contribution in [0.2, 0.25) is 0 Å². The van der Waals surface area contributed by atoms with Gasteiger partial charge in [-0.1, -0.05) is 0 Å². The van der Waals surface area contributed by atoms with Gasteiger partial charge in [0.15, 0.2) is 5.78 Å². The van der Waals surface area contributed by atoms with Gasteiger partial charge in [0.05, 0.1) is 25.3 Å². The fraction of sp³-hybridized carbons (Fsp3) is 0.462. The van der Waals surface area contributed by atoms with Gasteiger partial charge in [-0.15, -0.1) is 0 Å². The van der Waals surface area contributed by atoms with Gasteiger partial charge < -0.3 is 9.84 Å². The highest BCUT2D eigenvalue weighted by Crippen LogP contribution is 2.19. The molecule has 0 bridgehead atoms. The number of nitrogens with zero attached hydrogens (tertiary/aromatic N) is 1. The van der Waals surface area contributed by atoms with Crippen LogP contribution >= 0.6 is 0 Å². The number of ether oxygens (including phenoxy) is 1. The van der Waals surface area contributed by atoms with Crippen molar-refractivity contribution in [3.05, 3.63) is 29.6 Å². The summed E-state index contributed by atoms with van der Waals surface area (Å²) in [6.07, 6.45) is 0. The van der Waals surface area contributed by atoms with Crippen LogP contribution < -0.4 is 0 Å². The molecule has 4 nitrogen and oxygen atoms in total. The maximum Gasteiger partial charge on any atom is 0.180 e. The van der Waals surface area contributed by atoms with E-state index in [2.05, 4.69) is 0 Å². The van der Waals surface area contributed by atoms with E-state index in [1.807, 2.05) is 11.8 Å². The molecule has 1 N–H and O–H groups in total. The van der Waals surface area contributed by atoms with Crippen LogP contribution in [-0.4, -0.2) is 48.1 Å². The number of rotatable bonds is 3. The molecule has 1 saturated heterocycles. The summed E-state index contributed by atoms with van der Waals surface area (Å²) in [5, 5.41) is 9.57. The van der Waals surface area contributed by atoms with Crippen molar-refractivity contribution in [1.82, 2.24) is 4.90 Å². The van der Waals surface area contributed by atoms with Gasteiger partial charge in [0, 0.05) is 12.6 Å². The molecular formula is C13H16FNO3. The summed E-state index contributed by atoms with van der Waals surface area (Å²) in [5.41, 5.74) is 0.0358. The Balaban J connectivity index is 2.09. The minimum absolute atomic E-state index is 0.0358. The Morgan fingerprint density at radius 3 is 3.11 bits per heavy atom. The van der Waals surface area contributed by atoms with E-state index in [4.69, 9.17) is 4.74 Å². The zero-order chi connectivity index (χ0) is 13.1. The third-order valence-corrected chi connectivity index (χ3v) is 3.11. The summed E-state index contributed by atoms with van der Waals surface area (Å²) in [6.45, 7) is 3.98. The van der Waals surface area contributed by atoms with Gasteiger partial charge in [-0.05, 0) is 25.1 Å². The monoisotopic (exact) mass is 253 g/mol. The Bertz CT molecular complexity index is 450. The molecule has 0 aliphatic carbocycles. The van der Waals surface area contributed by atoms with Gasteiger partial charge in [0.2, 0.25) is 0 Å². The molecule has 0 aromatic heterocycles. The molecule has 1 heterocycles. The highest BCUT2D eigenvalue weighted by Gasteiger charge is 2.23. The molecule has 18 heavy (non-hydrogen) atoms. The first-order valence-electron chi connectivity index (χ1n) is 5.91. The number of phenolic OH excluding ortho intramolecular Hbond substituents is 1. The van der Waals surface area contributed by atoms with Crippen LogP contribution in [0.1, 0.15) is 17.3 Å². The average molecular weight is 253 g/mol. The zero-order valence-corrected chi connectivity index (χ0v) is 10.2. The highest BCUT2D eigenvalue weighted by atomic mass is 19.1. The third-order valence-electron chi connectivity index (χ3n) is 3.11. The van der Waals surface area contributed by atoms with Gasteiger partial charge in [-0.3, -0.25) is 9.69 Å². The van der Waals surface area contributed by atoms with Gasteiger partial charge in [-0.25, -0.2) is 4.39 Å². The van der Waals surface area contributed by atoms with Crippen molar-refractivity contribution in [3.8, 4) is 5.75 Å². The van der Waals surface area contributed by atoms with E-state index in [-0.39, 0.29) is 29.7 Å². The lowest BCUT2D eigenvalue weighted by Crippen LogP contribution is -2.46. The quantitative estimate of drug-likeness (QED) is 0.828. The van der Waals surface area contributed by atoms with E-state index >= 15 is 0 Å². The van der Waals surface area contributed by atoms with E-state index in [0.717, 1.165) is 12.1 Å². The summed E-state index contributed by atoms with van der Waals surface area (Å²) in [6, 6.07) is 3.55. The molecule has 1 unspecified atom stereocenters. The normalized spacial score (nSPS) is 20.9. The van der Waals surface area contributed by atoms with Crippen LogP contribution in [0, 0.1) is 5.82 Å². The largest absolute Gasteiger partial charge is 0.507 e. The number of Topliss-reactive ketones (excluding diaryl/α,β-unsaturated/α-hetero) is 1. The Kier molecular flexibility index (Phi) is 3.93. The Hall–Kier alpha value is -1.46. The Morgan fingerprint density at radius 2 is 2.39 bits per heavy atom. The lowest BCUT2D eigenvalue weighted by molar-refractivity contribution is 0.00197. The fourth-order valence-electron chi connectivity index (χ4n) is 2.00. The van der Waals surface area contributed by atoms with Crippen molar-refractivity contribution in [3.63, 3.8) is 0 Å². The second-order valence-electron chi connectivity index (χ2n) is 4.48. The third kappa shape index (κ3) is 2.86. The molecule has 0 amide bonds. The van der Waals surface area contributed by atoms with E-state index in [0.29, 0.717) is 19.8 Å². The summed E-state index contributed by atoms with van der Waals surface area (Å²) >= 11 is 0. The summed E-state index contributed by atoms with van der Waals surface area (Å²) in [5.74, 6) is -0.978. The zero-order valence-electron chi connectivity index (χ0n) is 10.2. The number of hydrogen-bond donors (Lipinski definition) is 1. The standard InChI is InChI=1S/C13H16FNO3/c1-9-8-18-5-4-15(9)7-13(17)11-6-10(14)2-3-12(11)16/h2-3,6,9,16H,4-5,7-8H2,1H3. The van der Waals surface area contributed by atoms with Crippen LogP contribution in [0.3, 0.4) is 0 Å². The number of carbonyl (C=O) groups is 1. The molecule has 98 valence electrons. The minimum atomic E-state index is -0.522. The van der Waals surface area contributed by atoms with Crippen molar-refractivity contribution < 1.29 is 19.0 Å². The smallest absolute Gasteiger partial charge is 0.180 e. The van der Waals surface area contributed by atoms with Crippen LogP contribution in [0.25, 0.3) is 0 Å². The number of morpholine rings is 1. The predicted octanol–water partition coefficient (Wildman–Crippen LogP) is 1.43. The first-order chi connectivity index (χ1) is 8.58. The lowest BCUT2D eigenvalue weighted by atomic mass is 10.1. The lowest BCUT2D eigenvalue weighted by Gasteiger charge is -2.32. The fourth-order valence-corrected chi connectivity index (χ4v) is 2.00. The molecule has 2 rings (SSSR count). The van der Waals surface area contributed by atoms with E-state index < -0.39 is 5.82 Å². The Morgan fingerprint density at radius 1 is 1.61 bits per heavy atom. The molecule has 1 aromatic rings. The van der Waals surface area contributed by atoms with Gasteiger partial charge >= 0.3 is 0 Å². The minimum Gasteiger partial charge on any atom is -0.507 e. The molecule has 1 aliphatic heterocycles. The summed E-state index contributed by atoms with van der Waals surface area (Å²) < 4.78 is 18.3. The molecule has 0 radical (unpaired) electrons. The maximum atomic E-state index is 13.1. The number of aromatic hydroxyl groups is 1. The number of hydrogen-bond acceptors (Lipinski definition) is 4. The second-order valence-corrected chi connectivity index (χ2v) is 4.48. The summed E-state index contributed by atoms with van der Waals surface area (Å²) in [7, 11) is 0. The molecule has 1 fully saturated rings. The van der Waals surface area contributed by atoms with Crippen LogP contribution in [0.15, 0.2) is 18.2 Å². The number of benzene rings is 1. The SMILES string of the molecule is CC1COCCN1CC(=O)c1cc(F)ccc1O. The number of ketones is 1. The molecule has 0 saturated carbocycles. The Labute approximate surface area is 105 Å². The van der Waals surface area contributed by atoms with Gasteiger partial charge in [-0.2, -0.15) is 0 Å². The molecule has 1 atom stereocenters. The van der Waals surface area contributed by atoms with Crippen molar-refractivity contribution in [1.29, 1.82) is 0 Å². The first-order valence-corrected chi connectivity index (χ1v) is 5.91. The van der Waals surface area contributed by atoms with E-state index in [1.165, 1.54) is 6.07 Å². The average Bonchev–Trinajstić information content (AvgIpc) is 2.35. The highest BCUT2D eigenvalue weighted by molar-refractivity contribution is 6.00. The summed E-state index contributed by atoms with van der Waals surface area (Å²) in [4.78, 5) is 14.0. The van der Waals surface area contributed by atoms with Gasteiger partial charge in [0.25, 0.3) is 0 Å². The molecular weight excluding hydrogens is 237 g/mol. The molecule has 0 spiro atoms. The van der Waals surface area contributed by atoms with E-state index in [1.54, 1.807) is 0 Å². The van der Waals surface area contributed by atoms with Crippen LogP contribution in [0.4, 0.5) is 4.39 Å². The van der Waals surface area contributed by atoms with Crippen molar-refractivity contribution in [2.75, 3.05) is 26.3 Å². The maximum absolute atomic E-state index is 13.1. The topological polar surface area (TPSA) is 49.8 Å². The number of halogens is 1.